The van der Waals surface area contributed by atoms with Crippen molar-refractivity contribution in [1.29, 1.82) is 0 Å². The fourth-order valence-corrected chi connectivity index (χ4v) is 3.92. The molecule has 0 radical (unpaired) electrons. The molecule has 0 bridgehead atoms. The molecule has 28 heavy (non-hydrogen) atoms. The molecule has 2 aromatic heterocycles. The van der Waals surface area contributed by atoms with Crippen LogP contribution in [0.25, 0.3) is 16.5 Å². The summed E-state index contributed by atoms with van der Waals surface area (Å²) in [5, 5.41) is 20.9. The van der Waals surface area contributed by atoms with Crippen LogP contribution in [-0.4, -0.2) is 27.0 Å². The third kappa shape index (κ3) is 2.99. The van der Waals surface area contributed by atoms with Gasteiger partial charge in [-0.25, -0.2) is 0 Å². The van der Waals surface area contributed by atoms with Crippen molar-refractivity contribution >= 4 is 10.8 Å². The standard InChI is InChI=1S/C23H23N3O2/c1-14-22-15(2)26(18-7-9-19(27)10-8-18)16(3)23(22)21(25-24-14)13-17-5-11-20(28-4)12-6-17/h5-12,27H,13H2,1-4H3. The van der Waals surface area contributed by atoms with Crippen molar-refractivity contribution in [1.82, 2.24) is 14.8 Å². The van der Waals surface area contributed by atoms with Gasteiger partial charge in [0.2, 0.25) is 0 Å². The molecule has 4 aromatic rings. The fraction of sp³-hybridized carbons (Fsp3) is 0.217. The summed E-state index contributed by atoms with van der Waals surface area (Å²) in [6.45, 7) is 6.22. The van der Waals surface area contributed by atoms with Gasteiger partial charge in [-0.3, -0.25) is 0 Å². The normalized spacial score (nSPS) is 11.1. The van der Waals surface area contributed by atoms with Gasteiger partial charge < -0.3 is 14.4 Å². The minimum atomic E-state index is 0.260. The van der Waals surface area contributed by atoms with Crippen LogP contribution in [0.4, 0.5) is 0 Å². The summed E-state index contributed by atoms with van der Waals surface area (Å²) in [4.78, 5) is 0. The smallest absolute Gasteiger partial charge is 0.118 e. The molecule has 0 unspecified atom stereocenters. The van der Waals surface area contributed by atoms with E-state index in [2.05, 4.69) is 40.7 Å². The Bertz CT molecular complexity index is 1140. The van der Waals surface area contributed by atoms with Crippen LogP contribution in [0.1, 0.15) is 28.3 Å². The monoisotopic (exact) mass is 373 g/mol. The third-order valence-electron chi connectivity index (χ3n) is 5.25. The lowest BCUT2D eigenvalue weighted by molar-refractivity contribution is 0.414. The van der Waals surface area contributed by atoms with Crippen LogP contribution < -0.4 is 4.74 Å². The third-order valence-corrected chi connectivity index (χ3v) is 5.25. The number of ether oxygens (including phenoxy) is 1. The SMILES string of the molecule is COc1ccc(Cc2nnc(C)c3c(C)n(-c4ccc(O)cc4)c(C)c23)cc1. The Morgan fingerprint density at radius 1 is 0.857 bits per heavy atom. The zero-order valence-electron chi connectivity index (χ0n) is 16.5. The van der Waals surface area contributed by atoms with E-state index in [4.69, 9.17) is 4.74 Å². The molecule has 5 heteroatoms. The minimum absolute atomic E-state index is 0.260. The Kier molecular flexibility index (Phi) is 4.51. The van der Waals surface area contributed by atoms with Gasteiger partial charge in [0, 0.05) is 34.3 Å². The number of methoxy groups -OCH3 is 1. The number of aromatic hydroxyl groups is 1. The summed E-state index contributed by atoms with van der Waals surface area (Å²) in [5.41, 5.74) is 6.31. The maximum Gasteiger partial charge on any atom is 0.118 e. The highest BCUT2D eigenvalue weighted by Crippen LogP contribution is 2.33. The molecule has 0 amide bonds. The highest BCUT2D eigenvalue weighted by atomic mass is 16.5. The maximum absolute atomic E-state index is 9.63. The van der Waals surface area contributed by atoms with Crippen LogP contribution in [0, 0.1) is 20.8 Å². The van der Waals surface area contributed by atoms with Gasteiger partial charge in [-0.2, -0.15) is 10.2 Å². The second kappa shape index (κ2) is 7.00. The highest BCUT2D eigenvalue weighted by Gasteiger charge is 2.19. The first-order valence-electron chi connectivity index (χ1n) is 9.25. The molecule has 0 saturated carbocycles. The molecule has 2 aromatic carbocycles. The number of hydrogen-bond donors (Lipinski definition) is 1. The molecule has 0 aliphatic heterocycles. The van der Waals surface area contributed by atoms with Crippen molar-refractivity contribution in [2.75, 3.05) is 7.11 Å². The summed E-state index contributed by atoms with van der Waals surface area (Å²) in [5.74, 6) is 1.10. The number of fused-ring (bicyclic) bond motifs is 1. The summed E-state index contributed by atoms with van der Waals surface area (Å²) in [7, 11) is 1.67. The molecule has 0 aliphatic rings. The molecule has 0 fully saturated rings. The highest BCUT2D eigenvalue weighted by molar-refractivity contribution is 5.93. The van der Waals surface area contributed by atoms with E-state index in [0.29, 0.717) is 6.42 Å². The number of benzene rings is 2. The maximum atomic E-state index is 9.63. The predicted octanol–water partition coefficient (Wildman–Crippen LogP) is 4.65. The number of phenolic OH excluding ortho intramolecular Hbond substituents is 1. The summed E-state index contributed by atoms with van der Waals surface area (Å²) < 4.78 is 7.46. The molecule has 1 N–H and O–H groups in total. The number of aromatic nitrogens is 3. The van der Waals surface area contributed by atoms with Crippen LogP contribution in [0.2, 0.25) is 0 Å². The van der Waals surface area contributed by atoms with E-state index < -0.39 is 0 Å². The zero-order chi connectivity index (χ0) is 19.8. The van der Waals surface area contributed by atoms with Crippen molar-refractivity contribution < 1.29 is 9.84 Å². The summed E-state index contributed by atoms with van der Waals surface area (Å²) >= 11 is 0. The van der Waals surface area contributed by atoms with Gasteiger partial charge in [-0.1, -0.05) is 12.1 Å². The lowest BCUT2D eigenvalue weighted by Crippen LogP contribution is -1.99. The lowest BCUT2D eigenvalue weighted by Gasteiger charge is -2.09. The van der Waals surface area contributed by atoms with Crippen LogP contribution in [0.15, 0.2) is 48.5 Å². The minimum Gasteiger partial charge on any atom is -0.508 e. The van der Waals surface area contributed by atoms with Gasteiger partial charge in [0.1, 0.15) is 11.5 Å². The fourth-order valence-electron chi connectivity index (χ4n) is 3.92. The van der Waals surface area contributed by atoms with E-state index in [-0.39, 0.29) is 5.75 Å². The Hall–Kier alpha value is -3.34. The van der Waals surface area contributed by atoms with Crippen LogP contribution in [0.5, 0.6) is 11.5 Å². The Morgan fingerprint density at radius 3 is 2.14 bits per heavy atom. The van der Waals surface area contributed by atoms with Crippen molar-refractivity contribution in [3.05, 3.63) is 76.9 Å². The second-order valence-electron chi connectivity index (χ2n) is 7.03. The first-order chi connectivity index (χ1) is 13.5. The quantitative estimate of drug-likeness (QED) is 0.566. The molecule has 0 spiro atoms. The van der Waals surface area contributed by atoms with Crippen molar-refractivity contribution in [2.45, 2.75) is 27.2 Å². The predicted molar refractivity (Wildman–Crippen MR) is 111 cm³/mol. The number of phenols is 1. The van der Waals surface area contributed by atoms with Gasteiger partial charge in [0.15, 0.2) is 0 Å². The van der Waals surface area contributed by atoms with Crippen molar-refractivity contribution in [3.63, 3.8) is 0 Å². The number of aryl methyl sites for hydroxylation is 3. The van der Waals surface area contributed by atoms with Gasteiger partial charge >= 0.3 is 0 Å². The van der Waals surface area contributed by atoms with Gasteiger partial charge in [-0.05, 0) is 62.7 Å². The largest absolute Gasteiger partial charge is 0.508 e. The molecular weight excluding hydrogens is 350 g/mol. The topological polar surface area (TPSA) is 60.2 Å². The van der Waals surface area contributed by atoms with E-state index in [0.717, 1.165) is 50.5 Å². The molecule has 0 atom stereocenters. The van der Waals surface area contributed by atoms with Gasteiger partial charge in [0.05, 0.1) is 18.5 Å². The average Bonchev–Trinajstić information content (AvgIpc) is 2.97. The molecule has 4 rings (SSSR count). The van der Waals surface area contributed by atoms with Crippen molar-refractivity contribution in [3.8, 4) is 17.2 Å². The van der Waals surface area contributed by atoms with E-state index in [1.54, 1.807) is 19.2 Å². The lowest BCUT2D eigenvalue weighted by atomic mass is 10.0. The van der Waals surface area contributed by atoms with E-state index in [1.165, 1.54) is 0 Å². The Labute approximate surface area is 164 Å². The number of rotatable bonds is 4. The molecule has 2 heterocycles. The molecule has 0 aliphatic carbocycles. The average molecular weight is 373 g/mol. The van der Waals surface area contributed by atoms with E-state index in [1.807, 2.05) is 31.2 Å². The molecule has 5 nitrogen and oxygen atoms in total. The summed E-state index contributed by atoms with van der Waals surface area (Å²) in [6.07, 6.45) is 0.702. The van der Waals surface area contributed by atoms with Crippen LogP contribution >= 0.6 is 0 Å². The molecular formula is C23H23N3O2. The first kappa shape index (κ1) is 18.0. The Balaban J connectivity index is 1.87. The second-order valence-corrected chi connectivity index (χ2v) is 7.03. The van der Waals surface area contributed by atoms with Crippen LogP contribution in [0.3, 0.4) is 0 Å². The van der Waals surface area contributed by atoms with Crippen molar-refractivity contribution in [2.24, 2.45) is 0 Å². The van der Waals surface area contributed by atoms with Gasteiger partial charge in [-0.15, -0.1) is 0 Å². The summed E-state index contributed by atoms with van der Waals surface area (Å²) in [6, 6.07) is 15.3. The van der Waals surface area contributed by atoms with E-state index in [9.17, 15) is 5.11 Å². The van der Waals surface area contributed by atoms with E-state index >= 15 is 0 Å². The van der Waals surface area contributed by atoms with Gasteiger partial charge in [0.25, 0.3) is 0 Å². The number of hydrogen-bond acceptors (Lipinski definition) is 4. The molecule has 142 valence electrons. The zero-order valence-corrected chi connectivity index (χ0v) is 16.5. The first-order valence-corrected chi connectivity index (χ1v) is 9.25. The van der Waals surface area contributed by atoms with Crippen LogP contribution in [-0.2, 0) is 6.42 Å². The molecule has 0 saturated heterocycles. The number of nitrogens with zero attached hydrogens (tertiary/aromatic N) is 3. The Morgan fingerprint density at radius 2 is 1.50 bits per heavy atom.